The lowest BCUT2D eigenvalue weighted by molar-refractivity contribution is -0.0317. The third-order valence-electron chi connectivity index (χ3n) is 6.71. The van der Waals surface area contributed by atoms with Crippen LogP contribution in [-0.2, 0) is 10.2 Å². The summed E-state index contributed by atoms with van der Waals surface area (Å²) in [4.78, 5) is 0. The molecule has 156 valence electrons. The van der Waals surface area contributed by atoms with Gasteiger partial charge in [-0.05, 0) is 60.6 Å². The summed E-state index contributed by atoms with van der Waals surface area (Å²) in [5.74, 6) is 0.345. The summed E-state index contributed by atoms with van der Waals surface area (Å²) in [6, 6.07) is 12.6. The Morgan fingerprint density at radius 3 is 2.10 bits per heavy atom. The molecule has 2 aromatic carbocycles. The van der Waals surface area contributed by atoms with Crippen LogP contribution >= 0.6 is 0 Å². The van der Waals surface area contributed by atoms with Crippen molar-refractivity contribution < 1.29 is 14.9 Å². The molecule has 3 nitrogen and oxygen atoms in total. The molecular formula is C26H34O3. The first kappa shape index (κ1) is 21.6. The second-order valence-electron chi connectivity index (χ2n) is 8.41. The van der Waals surface area contributed by atoms with Gasteiger partial charge in [0.05, 0.1) is 5.60 Å². The van der Waals surface area contributed by atoms with Gasteiger partial charge >= 0.3 is 0 Å². The van der Waals surface area contributed by atoms with E-state index in [1.165, 1.54) is 16.7 Å². The third kappa shape index (κ3) is 4.41. The van der Waals surface area contributed by atoms with E-state index in [1.807, 2.05) is 19.1 Å². The Hall–Kier alpha value is -2.10. The van der Waals surface area contributed by atoms with Crippen LogP contribution in [-0.4, -0.2) is 29.0 Å². The number of phenolic OH excluding ortho intramolecular Hbond substituents is 1. The molecule has 3 rings (SSSR count). The minimum Gasteiger partial charge on any atom is -0.508 e. The van der Waals surface area contributed by atoms with Crippen LogP contribution in [0, 0.1) is 13.8 Å². The summed E-state index contributed by atoms with van der Waals surface area (Å²) in [5.41, 5.74) is 4.96. The van der Waals surface area contributed by atoms with E-state index in [0.717, 1.165) is 24.0 Å². The average molecular weight is 395 g/mol. The quantitative estimate of drug-likeness (QED) is 0.664. The maximum absolute atomic E-state index is 10.7. The Bertz CT molecular complexity index is 872. The lowest BCUT2D eigenvalue weighted by Gasteiger charge is -2.34. The molecule has 0 bridgehead atoms. The molecule has 2 N–H and O–H groups in total. The standard InChI is InChI=1S/C26H34O3/c1-5-26(6-2,23-9-10-24(27)20(4)18-23)22-8-7-21(19(3)17-22)11-12-25(28)13-15-29-16-14-25/h7-12,17-18,27-28H,5-6,13-16H2,1-4H3/b12-11+. The normalized spacial score (nSPS) is 17.0. The van der Waals surface area contributed by atoms with Gasteiger partial charge in [0, 0.05) is 31.5 Å². The fraction of sp³-hybridized carbons (Fsp3) is 0.462. The van der Waals surface area contributed by atoms with Crippen LogP contribution in [0.3, 0.4) is 0 Å². The Morgan fingerprint density at radius 1 is 0.966 bits per heavy atom. The second kappa shape index (κ2) is 8.73. The van der Waals surface area contributed by atoms with Crippen molar-refractivity contribution in [2.45, 2.75) is 64.4 Å². The molecule has 0 amide bonds. The summed E-state index contributed by atoms with van der Waals surface area (Å²) in [6.07, 6.45) is 7.26. The highest BCUT2D eigenvalue weighted by molar-refractivity contribution is 5.57. The van der Waals surface area contributed by atoms with E-state index in [1.54, 1.807) is 0 Å². The van der Waals surface area contributed by atoms with Gasteiger partial charge in [0.1, 0.15) is 5.75 Å². The second-order valence-corrected chi connectivity index (χ2v) is 8.41. The van der Waals surface area contributed by atoms with Crippen LogP contribution in [0.4, 0.5) is 0 Å². The first-order valence-electron chi connectivity index (χ1n) is 10.7. The predicted octanol–water partition coefficient (Wildman–Crippen LogP) is 5.67. The molecule has 0 aromatic heterocycles. The SMILES string of the molecule is CCC(CC)(c1ccc(O)c(C)c1)c1ccc(/C=C/C2(O)CCOCC2)c(C)c1. The van der Waals surface area contributed by atoms with Crippen molar-refractivity contribution in [2.75, 3.05) is 13.2 Å². The van der Waals surface area contributed by atoms with Gasteiger partial charge in [-0.15, -0.1) is 0 Å². The van der Waals surface area contributed by atoms with Crippen molar-refractivity contribution >= 4 is 6.08 Å². The number of benzene rings is 2. The van der Waals surface area contributed by atoms with E-state index in [9.17, 15) is 10.2 Å². The lowest BCUT2D eigenvalue weighted by atomic mass is 9.70. The molecule has 0 unspecified atom stereocenters. The summed E-state index contributed by atoms with van der Waals surface area (Å²) in [6.45, 7) is 9.77. The zero-order valence-electron chi connectivity index (χ0n) is 18.2. The molecule has 29 heavy (non-hydrogen) atoms. The topological polar surface area (TPSA) is 49.7 Å². The molecule has 1 fully saturated rings. The van der Waals surface area contributed by atoms with Crippen LogP contribution in [0.25, 0.3) is 6.08 Å². The first-order valence-corrected chi connectivity index (χ1v) is 10.7. The molecule has 3 heteroatoms. The largest absolute Gasteiger partial charge is 0.508 e. The van der Waals surface area contributed by atoms with Gasteiger partial charge in [-0.1, -0.05) is 56.3 Å². The maximum atomic E-state index is 10.7. The van der Waals surface area contributed by atoms with Crippen LogP contribution in [0.15, 0.2) is 42.5 Å². The molecule has 0 radical (unpaired) electrons. The smallest absolute Gasteiger partial charge is 0.118 e. The van der Waals surface area contributed by atoms with Crippen LogP contribution in [0.1, 0.15) is 67.3 Å². The molecule has 1 aliphatic heterocycles. The van der Waals surface area contributed by atoms with Crippen LogP contribution in [0.5, 0.6) is 5.75 Å². The predicted molar refractivity (Wildman–Crippen MR) is 119 cm³/mol. The van der Waals surface area contributed by atoms with E-state index < -0.39 is 5.60 Å². The van der Waals surface area contributed by atoms with E-state index in [2.05, 4.69) is 57.2 Å². The first-order chi connectivity index (χ1) is 13.8. The lowest BCUT2D eigenvalue weighted by Crippen LogP contribution is -2.33. The number of hydrogen-bond donors (Lipinski definition) is 2. The molecule has 0 saturated carbocycles. The van der Waals surface area contributed by atoms with E-state index in [0.29, 0.717) is 31.8 Å². The highest BCUT2D eigenvalue weighted by Crippen LogP contribution is 2.41. The average Bonchev–Trinajstić information content (AvgIpc) is 2.72. The van der Waals surface area contributed by atoms with E-state index >= 15 is 0 Å². The van der Waals surface area contributed by atoms with Gasteiger partial charge in [0.2, 0.25) is 0 Å². The van der Waals surface area contributed by atoms with Gasteiger partial charge < -0.3 is 14.9 Å². The monoisotopic (exact) mass is 394 g/mol. The fourth-order valence-corrected chi connectivity index (χ4v) is 4.48. The molecular weight excluding hydrogens is 360 g/mol. The van der Waals surface area contributed by atoms with Gasteiger partial charge in [-0.2, -0.15) is 0 Å². The maximum Gasteiger partial charge on any atom is 0.118 e. The molecule has 0 atom stereocenters. The number of aromatic hydroxyl groups is 1. The minimum absolute atomic E-state index is 0.0790. The molecule has 1 aliphatic rings. The van der Waals surface area contributed by atoms with Crippen molar-refractivity contribution in [2.24, 2.45) is 0 Å². The summed E-state index contributed by atoms with van der Waals surface area (Å²) < 4.78 is 5.37. The summed E-state index contributed by atoms with van der Waals surface area (Å²) in [7, 11) is 0. The highest BCUT2D eigenvalue weighted by Gasteiger charge is 2.31. The number of ether oxygens (including phenoxy) is 1. The Kier molecular flexibility index (Phi) is 6.50. The van der Waals surface area contributed by atoms with E-state index in [-0.39, 0.29) is 5.41 Å². The van der Waals surface area contributed by atoms with Crippen molar-refractivity contribution in [1.29, 1.82) is 0 Å². The number of aryl methyl sites for hydroxylation is 2. The van der Waals surface area contributed by atoms with Crippen LogP contribution in [0.2, 0.25) is 0 Å². The molecule has 1 saturated heterocycles. The molecule has 1 heterocycles. The van der Waals surface area contributed by atoms with Crippen molar-refractivity contribution in [1.82, 2.24) is 0 Å². The minimum atomic E-state index is -0.760. The van der Waals surface area contributed by atoms with Crippen molar-refractivity contribution in [3.05, 3.63) is 70.3 Å². The van der Waals surface area contributed by atoms with Crippen molar-refractivity contribution in [3.63, 3.8) is 0 Å². The number of aliphatic hydroxyl groups is 1. The fourth-order valence-electron chi connectivity index (χ4n) is 4.48. The zero-order chi connectivity index (χ0) is 21.1. The Labute approximate surface area is 175 Å². The number of hydrogen-bond acceptors (Lipinski definition) is 3. The molecule has 0 aliphatic carbocycles. The van der Waals surface area contributed by atoms with Gasteiger partial charge in [-0.3, -0.25) is 0 Å². The number of phenols is 1. The molecule has 0 spiro atoms. The summed E-state index contributed by atoms with van der Waals surface area (Å²) in [5, 5.41) is 20.7. The highest BCUT2D eigenvalue weighted by atomic mass is 16.5. The van der Waals surface area contributed by atoms with Crippen molar-refractivity contribution in [3.8, 4) is 5.75 Å². The van der Waals surface area contributed by atoms with Gasteiger partial charge in [0.15, 0.2) is 0 Å². The number of rotatable bonds is 6. The van der Waals surface area contributed by atoms with Gasteiger partial charge in [-0.25, -0.2) is 0 Å². The third-order valence-corrected chi connectivity index (χ3v) is 6.71. The van der Waals surface area contributed by atoms with E-state index in [4.69, 9.17) is 4.74 Å². The summed E-state index contributed by atoms with van der Waals surface area (Å²) >= 11 is 0. The van der Waals surface area contributed by atoms with Gasteiger partial charge in [0.25, 0.3) is 0 Å². The Balaban J connectivity index is 1.95. The zero-order valence-corrected chi connectivity index (χ0v) is 18.2. The molecule has 2 aromatic rings. The Morgan fingerprint density at radius 2 is 1.55 bits per heavy atom. The van der Waals surface area contributed by atoms with Crippen LogP contribution < -0.4 is 0 Å².